The van der Waals surface area contributed by atoms with E-state index in [2.05, 4.69) is 0 Å². The minimum absolute atomic E-state index is 0.0278. The summed E-state index contributed by atoms with van der Waals surface area (Å²) in [7, 11) is 1.17. The van der Waals surface area contributed by atoms with Crippen LogP contribution < -0.4 is 10.5 Å². The Balaban J connectivity index is 1.66. The van der Waals surface area contributed by atoms with Crippen LogP contribution in [0.1, 0.15) is 28.3 Å². The molecule has 43 heavy (non-hydrogen) atoms. The van der Waals surface area contributed by atoms with Crippen molar-refractivity contribution in [2.45, 2.75) is 25.2 Å². The van der Waals surface area contributed by atoms with E-state index in [0.29, 0.717) is 5.56 Å². The normalized spacial score (nSPS) is 14.6. The van der Waals surface area contributed by atoms with Crippen LogP contribution in [0.4, 0.5) is 23.4 Å². The highest BCUT2D eigenvalue weighted by molar-refractivity contribution is 5.88. The Kier molecular flexibility index (Phi) is 7.25. The van der Waals surface area contributed by atoms with Crippen LogP contribution in [0.25, 0.3) is 21.9 Å². The molecule has 0 radical (unpaired) electrons. The van der Waals surface area contributed by atoms with E-state index in [1.165, 1.54) is 19.2 Å². The molecule has 0 bridgehead atoms. The second-order valence-electron chi connectivity index (χ2n) is 10.5. The lowest BCUT2D eigenvalue weighted by Crippen LogP contribution is -2.31. The number of pyridine rings is 1. The molecule has 0 N–H and O–H groups in total. The Labute approximate surface area is 244 Å². The summed E-state index contributed by atoms with van der Waals surface area (Å²) in [5, 5.41) is 1.73. The summed E-state index contributed by atoms with van der Waals surface area (Å²) in [5.74, 6) is -1.71. The third-order valence-corrected chi connectivity index (χ3v) is 7.84. The molecule has 0 spiro atoms. The van der Waals surface area contributed by atoms with Crippen LogP contribution in [0.2, 0.25) is 0 Å². The van der Waals surface area contributed by atoms with Crippen molar-refractivity contribution in [3.05, 3.63) is 135 Å². The molecule has 0 aliphatic carbocycles. The zero-order valence-corrected chi connectivity index (χ0v) is 23.1. The van der Waals surface area contributed by atoms with Gasteiger partial charge in [0.25, 0.3) is 5.56 Å². The zero-order valence-electron chi connectivity index (χ0n) is 23.1. The van der Waals surface area contributed by atoms with Gasteiger partial charge in [-0.15, -0.1) is 0 Å². The molecule has 1 unspecified atom stereocenters. The van der Waals surface area contributed by atoms with Crippen LogP contribution in [0, 0.1) is 5.82 Å². The SMILES string of the molecule is COC(=O)C1CN(Cc2ccccc2)c2c(-c3cccc(C(F)(F)F)c3)c(Cc3cccc4ccccc34)c(F)c(=O)n21. The third kappa shape index (κ3) is 5.16. The molecule has 9 heteroatoms. The number of esters is 1. The minimum Gasteiger partial charge on any atom is -0.467 e. The molecule has 1 aliphatic rings. The van der Waals surface area contributed by atoms with E-state index >= 15 is 4.39 Å². The quantitative estimate of drug-likeness (QED) is 0.157. The first-order valence-electron chi connectivity index (χ1n) is 13.6. The molecular formula is C34H26F4N2O3. The standard InChI is InChI=1S/C34H26F4N2O3/c1-43-33(42)28-20-39(19-21-9-3-2-4-10-21)31-29(24-14-8-15-25(17-24)34(36,37)38)27(30(35)32(41)40(28)31)18-23-13-7-12-22-11-5-6-16-26(22)23/h2-17,28H,18-20H2,1H3. The molecular weight excluding hydrogens is 560 g/mol. The maximum Gasteiger partial charge on any atom is 0.416 e. The van der Waals surface area contributed by atoms with Gasteiger partial charge in [0.05, 0.1) is 19.2 Å². The summed E-state index contributed by atoms with van der Waals surface area (Å²) < 4.78 is 64.1. The maximum atomic E-state index is 16.4. The fourth-order valence-electron chi connectivity index (χ4n) is 5.89. The molecule has 1 atom stereocenters. The number of carbonyl (C=O) groups is 1. The number of carbonyl (C=O) groups excluding carboxylic acids is 1. The molecule has 218 valence electrons. The summed E-state index contributed by atoms with van der Waals surface area (Å²) in [6, 6.07) is 25.7. The number of hydrogen-bond donors (Lipinski definition) is 0. The maximum absolute atomic E-state index is 16.4. The van der Waals surface area contributed by atoms with Gasteiger partial charge in [-0.1, -0.05) is 84.9 Å². The van der Waals surface area contributed by atoms with Gasteiger partial charge in [-0.05, 0) is 39.6 Å². The lowest BCUT2D eigenvalue weighted by Gasteiger charge is -2.24. The number of rotatable bonds is 6. The van der Waals surface area contributed by atoms with Gasteiger partial charge in [-0.2, -0.15) is 13.2 Å². The van der Waals surface area contributed by atoms with Crippen LogP contribution in [-0.2, 0) is 28.7 Å². The van der Waals surface area contributed by atoms with Gasteiger partial charge in [-0.3, -0.25) is 9.36 Å². The molecule has 5 aromatic rings. The highest BCUT2D eigenvalue weighted by Crippen LogP contribution is 2.43. The van der Waals surface area contributed by atoms with Crippen LogP contribution in [-0.4, -0.2) is 24.2 Å². The van der Waals surface area contributed by atoms with Gasteiger partial charge >= 0.3 is 12.1 Å². The average Bonchev–Trinajstić information content (AvgIpc) is 3.38. The van der Waals surface area contributed by atoms with E-state index in [4.69, 9.17) is 4.74 Å². The molecule has 6 rings (SSSR count). The number of aromatic nitrogens is 1. The minimum atomic E-state index is -4.66. The summed E-state index contributed by atoms with van der Waals surface area (Å²) in [6.45, 7) is 0.193. The third-order valence-electron chi connectivity index (χ3n) is 7.84. The predicted octanol–water partition coefficient (Wildman–Crippen LogP) is 7.15. The number of ether oxygens (including phenoxy) is 1. The van der Waals surface area contributed by atoms with Crippen molar-refractivity contribution in [2.24, 2.45) is 0 Å². The van der Waals surface area contributed by atoms with Gasteiger partial charge in [0, 0.05) is 24.1 Å². The molecule has 4 aromatic carbocycles. The molecule has 5 nitrogen and oxygen atoms in total. The average molecular weight is 587 g/mol. The fraction of sp³-hybridized carbons (Fsp3) is 0.176. The smallest absolute Gasteiger partial charge is 0.416 e. The van der Waals surface area contributed by atoms with Crippen LogP contribution in [0.3, 0.4) is 0 Å². The van der Waals surface area contributed by atoms with E-state index in [0.717, 1.165) is 33.0 Å². The summed E-state index contributed by atoms with van der Waals surface area (Å²) in [5.41, 5.74) is -0.255. The molecule has 1 aromatic heterocycles. The number of hydrogen-bond acceptors (Lipinski definition) is 4. The Morgan fingerprint density at radius 3 is 2.37 bits per heavy atom. The summed E-state index contributed by atoms with van der Waals surface area (Å²) in [4.78, 5) is 28.4. The lowest BCUT2D eigenvalue weighted by atomic mass is 9.91. The number of nitrogens with zero attached hydrogens (tertiary/aromatic N) is 2. The van der Waals surface area contributed by atoms with Gasteiger partial charge in [0.2, 0.25) is 0 Å². The van der Waals surface area contributed by atoms with Crippen LogP contribution in [0.15, 0.2) is 102 Å². The van der Waals surface area contributed by atoms with Gasteiger partial charge < -0.3 is 9.64 Å². The topological polar surface area (TPSA) is 51.5 Å². The summed E-state index contributed by atoms with van der Waals surface area (Å²) >= 11 is 0. The number of anilines is 1. The number of alkyl halides is 3. The predicted molar refractivity (Wildman–Crippen MR) is 156 cm³/mol. The zero-order chi connectivity index (χ0) is 30.3. The van der Waals surface area contributed by atoms with Crippen molar-refractivity contribution in [2.75, 3.05) is 18.6 Å². The Hall–Kier alpha value is -4.92. The fourth-order valence-corrected chi connectivity index (χ4v) is 5.89. The molecule has 0 amide bonds. The Morgan fingerprint density at radius 1 is 0.930 bits per heavy atom. The van der Waals surface area contributed by atoms with Crippen molar-refractivity contribution in [1.29, 1.82) is 0 Å². The van der Waals surface area contributed by atoms with E-state index in [-0.39, 0.29) is 42.0 Å². The van der Waals surface area contributed by atoms with Crippen molar-refractivity contribution in [1.82, 2.24) is 4.57 Å². The van der Waals surface area contributed by atoms with E-state index in [1.807, 2.05) is 72.8 Å². The Bertz CT molecular complexity index is 1900. The van der Waals surface area contributed by atoms with E-state index < -0.39 is 35.1 Å². The monoisotopic (exact) mass is 586 g/mol. The summed E-state index contributed by atoms with van der Waals surface area (Å²) in [6.07, 6.45) is -4.72. The molecule has 0 saturated heterocycles. The molecule has 2 heterocycles. The second-order valence-corrected chi connectivity index (χ2v) is 10.5. The van der Waals surface area contributed by atoms with Crippen molar-refractivity contribution in [3.63, 3.8) is 0 Å². The van der Waals surface area contributed by atoms with Crippen LogP contribution in [0.5, 0.6) is 0 Å². The van der Waals surface area contributed by atoms with E-state index in [1.54, 1.807) is 4.90 Å². The van der Waals surface area contributed by atoms with Gasteiger partial charge in [-0.25, -0.2) is 9.18 Å². The first-order valence-corrected chi connectivity index (χ1v) is 13.6. The van der Waals surface area contributed by atoms with Crippen molar-refractivity contribution < 1.29 is 27.1 Å². The number of fused-ring (bicyclic) bond motifs is 2. The molecule has 0 saturated carbocycles. The first kappa shape index (κ1) is 28.2. The first-order chi connectivity index (χ1) is 20.7. The lowest BCUT2D eigenvalue weighted by molar-refractivity contribution is -0.144. The number of benzene rings is 4. The highest BCUT2D eigenvalue weighted by atomic mass is 19.4. The number of methoxy groups -OCH3 is 1. The van der Waals surface area contributed by atoms with E-state index in [9.17, 15) is 22.8 Å². The number of halogens is 4. The van der Waals surface area contributed by atoms with Crippen LogP contribution >= 0.6 is 0 Å². The second kappa shape index (κ2) is 11.1. The van der Waals surface area contributed by atoms with Crippen molar-refractivity contribution in [3.8, 4) is 11.1 Å². The molecule has 1 aliphatic heterocycles. The van der Waals surface area contributed by atoms with Crippen molar-refractivity contribution >= 4 is 22.6 Å². The molecule has 0 fully saturated rings. The largest absolute Gasteiger partial charge is 0.467 e. The van der Waals surface area contributed by atoms with Gasteiger partial charge in [0.15, 0.2) is 11.9 Å². The highest BCUT2D eigenvalue weighted by Gasteiger charge is 2.40. The van der Waals surface area contributed by atoms with Gasteiger partial charge in [0.1, 0.15) is 5.82 Å². The Morgan fingerprint density at radius 2 is 1.63 bits per heavy atom.